The van der Waals surface area contributed by atoms with E-state index in [2.05, 4.69) is 10.3 Å². The van der Waals surface area contributed by atoms with E-state index >= 15 is 0 Å². The van der Waals surface area contributed by atoms with Gasteiger partial charge in [0.25, 0.3) is 0 Å². The molecule has 0 atom stereocenters. The quantitative estimate of drug-likeness (QED) is 0.860. The molecule has 0 aliphatic rings. The van der Waals surface area contributed by atoms with E-state index in [0.717, 1.165) is 10.2 Å². The van der Waals surface area contributed by atoms with Gasteiger partial charge in [-0.25, -0.2) is 4.98 Å². The molecule has 1 aromatic heterocycles. The van der Waals surface area contributed by atoms with Crippen LogP contribution in [0.2, 0.25) is 0 Å². The second-order valence-electron chi connectivity index (χ2n) is 4.97. The summed E-state index contributed by atoms with van der Waals surface area (Å²) in [6.07, 6.45) is 1.42. The Hall–Kier alpha value is -1.66. The highest BCUT2D eigenvalue weighted by atomic mass is 32.1. The molecule has 0 fully saturated rings. The van der Waals surface area contributed by atoms with Crippen LogP contribution in [0, 0.1) is 5.41 Å². The molecule has 114 valence electrons. The summed E-state index contributed by atoms with van der Waals surface area (Å²) in [6.45, 7) is 4.30. The van der Waals surface area contributed by atoms with Crippen molar-refractivity contribution in [1.82, 2.24) is 4.98 Å². The highest BCUT2D eigenvalue weighted by Crippen LogP contribution is 2.33. The number of nitrogens with one attached hydrogen (secondary N) is 1. The third kappa shape index (κ3) is 2.87. The maximum atomic E-state index is 12.5. The van der Waals surface area contributed by atoms with E-state index in [0.29, 0.717) is 30.3 Å². The number of nitrogens with two attached hydrogens (primary N) is 1. The van der Waals surface area contributed by atoms with Gasteiger partial charge in [0.1, 0.15) is 11.3 Å². The van der Waals surface area contributed by atoms with Crippen molar-refractivity contribution in [2.45, 2.75) is 26.7 Å². The number of aromatic nitrogens is 1. The summed E-state index contributed by atoms with van der Waals surface area (Å²) in [5.74, 6) is 0.647. The predicted molar refractivity (Wildman–Crippen MR) is 86.9 cm³/mol. The number of methoxy groups -OCH3 is 1. The molecular formula is C15H21N3O2S. The average Bonchev–Trinajstić information content (AvgIpc) is 2.91. The van der Waals surface area contributed by atoms with Crippen LogP contribution in [-0.2, 0) is 4.79 Å². The number of carbonyl (C=O) groups excluding carboxylic acids is 1. The minimum absolute atomic E-state index is 0.0620. The van der Waals surface area contributed by atoms with E-state index in [9.17, 15) is 4.79 Å². The Morgan fingerprint density at radius 2 is 2.14 bits per heavy atom. The van der Waals surface area contributed by atoms with E-state index < -0.39 is 5.41 Å². The SMILES string of the molecule is CCC(CC)(CN)C(=O)Nc1nc2c(OC)cccc2s1. The summed E-state index contributed by atoms with van der Waals surface area (Å²) < 4.78 is 6.27. The Morgan fingerprint density at radius 3 is 2.71 bits per heavy atom. The standard InChI is InChI=1S/C15H21N3O2S/c1-4-15(5-2,9-16)13(19)18-14-17-12-10(20-3)7-6-8-11(12)21-14/h6-8H,4-5,9,16H2,1-3H3,(H,17,18,19). The molecule has 5 nitrogen and oxygen atoms in total. The number of anilines is 1. The third-order valence-corrected chi connectivity index (χ3v) is 4.98. The number of benzene rings is 1. The zero-order valence-electron chi connectivity index (χ0n) is 12.6. The average molecular weight is 307 g/mol. The summed E-state index contributed by atoms with van der Waals surface area (Å²) in [5.41, 5.74) is 6.05. The lowest BCUT2D eigenvalue weighted by Gasteiger charge is -2.27. The molecule has 1 aromatic carbocycles. The van der Waals surface area contributed by atoms with Gasteiger partial charge in [0.2, 0.25) is 5.91 Å². The maximum Gasteiger partial charge on any atom is 0.233 e. The van der Waals surface area contributed by atoms with Crippen LogP contribution >= 0.6 is 11.3 Å². The smallest absolute Gasteiger partial charge is 0.233 e. The van der Waals surface area contributed by atoms with Crippen molar-refractivity contribution >= 4 is 32.6 Å². The van der Waals surface area contributed by atoms with Gasteiger partial charge in [-0.2, -0.15) is 0 Å². The zero-order chi connectivity index (χ0) is 15.5. The molecule has 2 aromatic rings. The first-order valence-corrected chi connectivity index (χ1v) is 7.87. The topological polar surface area (TPSA) is 77.2 Å². The van der Waals surface area contributed by atoms with Gasteiger partial charge in [-0.3, -0.25) is 4.79 Å². The van der Waals surface area contributed by atoms with Crippen LogP contribution in [0.15, 0.2) is 18.2 Å². The van der Waals surface area contributed by atoms with Crippen LogP contribution in [0.1, 0.15) is 26.7 Å². The van der Waals surface area contributed by atoms with Crippen LogP contribution in [-0.4, -0.2) is 24.5 Å². The number of carbonyl (C=O) groups is 1. The van der Waals surface area contributed by atoms with Crippen molar-refractivity contribution in [3.8, 4) is 5.75 Å². The number of para-hydroxylation sites is 1. The molecular weight excluding hydrogens is 286 g/mol. The summed E-state index contributed by atoms with van der Waals surface area (Å²) in [6, 6.07) is 5.73. The molecule has 0 unspecified atom stereocenters. The van der Waals surface area contributed by atoms with Crippen molar-refractivity contribution < 1.29 is 9.53 Å². The summed E-state index contributed by atoms with van der Waals surface area (Å²) in [4.78, 5) is 17.0. The van der Waals surface area contributed by atoms with Gasteiger partial charge in [0.15, 0.2) is 5.13 Å². The highest BCUT2D eigenvalue weighted by molar-refractivity contribution is 7.22. The lowest BCUT2D eigenvalue weighted by Crippen LogP contribution is -2.41. The van der Waals surface area contributed by atoms with Gasteiger partial charge in [-0.1, -0.05) is 31.3 Å². The van der Waals surface area contributed by atoms with Crippen LogP contribution in [0.3, 0.4) is 0 Å². The summed E-state index contributed by atoms with van der Waals surface area (Å²) in [5, 5.41) is 3.49. The first-order chi connectivity index (χ1) is 10.1. The zero-order valence-corrected chi connectivity index (χ0v) is 13.4. The van der Waals surface area contributed by atoms with E-state index in [1.54, 1.807) is 7.11 Å². The van der Waals surface area contributed by atoms with Crippen LogP contribution < -0.4 is 15.8 Å². The Kier molecular flexibility index (Phi) is 4.80. The molecule has 0 radical (unpaired) electrons. The van der Waals surface area contributed by atoms with Crippen molar-refractivity contribution in [3.05, 3.63) is 18.2 Å². The lowest BCUT2D eigenvalue weighted by molar-refractivity contribution is -0.125. The molecule has 0 saturated carbocycles. The minimum atomic E-state index is -0.526. The van der Waals surface area contributed by atoms with Crippen LogP contribution in [0.5, 0.6) is 5.75 Å². The summed E-state index contributed by atoms with van der Waals surface area (Å²) >= 11 is 1.44. The van der Waals surface area contributed by atoms with E-state index in [-0.39, 0.29) is 5.91 Å². The van der Waals surface area contributed by atoms with Crippen molar-refractivity contribution in [3.63, 3.8) is 0 Å². The first kappa shape index (κ1) is 15.7. The number of nitrogens with zero attached hydrogens (tertiary/aromatic N) is 1. The van der Waals surface area contributed by atoms with Crippen LogP contribution in [0.25, 0.3) is 10.2 Å². The maximum absolute atomic E-state index is 12.5. The lowest BCUT2D eigenvalue weighted by atomic mass is 9.81. The number of rotatable bonds is 6. The number of hydrogen-bond acceptors (Lipinski definition) is 5. The molecule has 0 saturated heterocycles. The van der Waals surface area contributed by atoms with Crippen molar-refractivity contribution in [2.24, 2.45) is 11.1 Å². The molecule has 1 amide bonds. The van der Waals surface area contributed by atoms with Gasteiger partial charge in [0, 0.05) is 6.54 Å². The van der Waals surface area contributed by atoms with Gasteiger partial charge >= 0.3 is 0 Å². The fourth-order valence-electron chi connectivity index (χ4n) is 2.32. The Bertz CT molecular complexity index is 627. The predicted octanol–water partition coefficient (Wildman–Crippen LogP) is 3.01. The fourth-order valence-corrected chi connectivity index (χ4v) is 3.20. The molecule has 21 heavy (non-hydrogen) atoms. The first-order valence-electron chi connectivity index (χ1n) is 7.05. The molecule has 0 aliphatic heterocycles. The van der Waals surface area contributed by atoms with Gasteiger partial charge in [0.05, 0.1) is 17.2 Å². The second-order valence-corrected chi connectivity index (χ2v) is 6.00. The Morgan fingerprint density at radius 1 is 1.43 bits per heavy atom. The molecule has 2 rings (SSSR count). The second kappa shape index (κ2) is 6.41. The van der Waals surface area contributed by atoms with Gasteiger partial charge in [-0.05, 0) is 25.0 Å². The monoisotopic (exact) mass is 307 g/mol. The molecule has 3 N–H and O–H groups in total. The largest absolute Gasteiger partial charge is 0.494 e. The highest BCUT2D eigenvalue weighted by Gasteiger charge is 2.33. The number of ether oxygens (including phenoxy) is 1. The van der Waals surface area contributed by atoms with Gasteiger partial charge < -0.3 is 15.8 Å². The number of fused-ring (bicyclic) bond motifs is 1. The number of hydrogen-bond donors (Lipinski definition) is 2. The fraction of sp³-hybridized carbons (Fsp3) is 0.467. The number of amides is 1. The summed E-state index contributed by atoms with van der Waals surface area (Å²) in [7, 11) is 1.61. The van der Waals surface area contributed by atoms with Crippen molar-refractivity contribution in [1.29, 1.82) is 0 Å². The number of thiazole rings is 1. The van der Waals surface area contributed by atoms with E-state index in [4.69, 9.17) is 10.5 Å². The van der Waals surface area contributed by atoms with Crippen molar-refractivity contribution in [2.75, 3.05) is 19.0 Å². The van der Waals surface area contributed by atoms with E-state index in [1.807, 2.05) is 32.0 Å². The molecule has 0 aliphatic carbocycles. The molecule has 0 bridgehead atoms. The Labute approximate surface area is 128 Å². The molecule has 6 heteroatoms. The van der Waals surface area contributed by atoms with Crippen LogP contribution in [0.4, 0.5) is 5.13 Å². The Balaban J connectivity index is 2.29. The minimum Gasteiger partial charge on any atom is -0.494 e. The third-order valence-electron chi connectivity index (χ3n) is 4.05. The molecule has 0 spiro atoms. The molecule has 1 heterocycles. The van der Waals surface area contributed by atoms with E-state index in [1.165, 1.54) is 11.3 Å². The van der Waals surface area contributed by atoms with Gasteiger partial charge in [-0.15, -0.1) is 0 Å². The normalized spacial score (nSPS) is 11.6.